The highest BCUT2D eigenvalue weighted by Crippen LogP contribution is 2.18. The molecule has 6 nitrogen and oxygen atoms in total. The number of carbonyl (C=O) groups is 2. The number of nitrogens with one attached hydrogen (secondary N) is 1. The van der Waals surface area contributed by atoms with E-state index in [1.54, 1.807) is 17.0 Å². The van der Waals surface area contributed by atoms with Crippen LogP contribution in [-0.2, 0) is 16.1 Å². The Morgan fingerprint density at radius 1 is 1.17 bits per heavy atom. The van der Waals surface area contributed by atoms with Crippen LogP contribution in [0.1, 0.15) is 42.6 Å². The predicted octanol–water partition coefficient (Wildman–Crippen LogP) is 1.29. The number of benzene rings is 1. The normalized spacial score (nSPS) is 16.5. The van der Waals surface area contributed by atoms with Gasteiger partial charge in [-0.3, -0.25) is 9.59 Å². The Balaban J connectivity index is 1.92. The number of ether oxygens (including phenoxy) is 1. The van der Waals surface area contributed by atoms with Crippen LogP contribution in [0.5, 0.6) is 0 Å². The first-order chi connectivity index (χ1) is 11.5. The fraction of sp³-hybridized carbons (Fsp3) is 0.556. The Kier molecular flexibility index (Phi) is 6.34. The number of hydrogen-bond acceptors (Lipinski definition) is 4. The van der Waals surface area contributed by atoms with E-state index in [4.69, 9.17) is 10.5 Å². The second-order valence-electron chi connectivity index (χ2n) is 6.13. The van der Waals surface area contributed by atoms with E-state index >= 15 is 0 Å². The highest BCUT2D eigenvalue weighted by molar-refractivity contribution is 5.94. The lowest BCUT2D eigenvalue weighted by atomic mass is 9.90. The van der Waals surface area contributed by atoms with Gasteiger partial charge in [0.15, 0.2) is 0 Å². The number of amides is 2. The minimum Gasteiger partial charge on any atom is -0.381 e. The van der Waals surface area contributed by atoms with E-state index in [0.29, 0.717) is 51.3 Å². The molecule has 132 valence electrons. The number of carbonyl (C=O) groups excluding carboxylic acids is 2. The summed E-state index contributed by atoms with van der Waals surface area (Å²) in [6.45, 7) is 6.75. The summed E-state index contributed by atoms with van der Waals surface area (Å²) >= 11 is 0. The van der Waals surface area contributed by atoms with Crippen LogP contribution in [0, 0.1) is 0 Å². The fourth-order valence-electron chi connectivity index (χ4n) is 2.78. The van der Waals surface area contributed by atoms with Crippen LogP contribution in [0.25, 0.3) is 0 Å². The third-order valence-corrected chi connectivity index (χ3v) is 4.54. The maximum Gasteiger partial charge on any atom is 0.253 e. The predicted molar refractivity (Wildman–Crippen MR) is 92.5 cm³/mol. The number of nitrogens with two attached hydrogens (primary N) is 1. The van der Waals surface area contributed by atoms with E-state index < -0.39 is 5.54 Å². The quantitative estimate of drug-likeness (QED) is 0.822. The van der Waals surface area contributed by atoms with E-state index in [9.17, 15) is 9.59 Å². The van der Waals surface area contributed by atoms with Gasteiger partial charge in [0.05, 0.1) is 5.54 Å². The van der Waals surface area contributed by atoms with Gasteiger partial charge in [-0.15, -0.1) is 0 Å². The zero-order chi connectivity index (χ0) is 17.6. The van der Waals surface area contributed by atoms with Crippen LogP contribution < -0.4 is 11.1 Å². The van der Waals surface area contributed by atoms with Crippen molar-refractivity contribution in [1.29, 1.82) is 0 Å². The van der Waals surface area contributed by atoms with Gasteiger partial charge in [-0.2, -0.15) is 0 Å². The van der Waals surface area contributed by atoms with Crippen LogP contribution in [0.4, 0.5) is 0 Å². The van der Waals surface area contributed by atoms with Gasteiger partial charge in [-0.05, 0) is 44.4 Å². The van der Waals surface area contributed by atoms with E-state index in [-0.39, 0.29) is 11.8 Å². The minimum atomic E-state index is -0.836. The van der Waals surface area contributed by atoms with E-state index in [1.807, 2.05) is 26.0 Å². The fourth-order valence-corrected chi connectivity index (χ4v) is 2.78. The summed E-state index contributed by atoms with van der Waals surface area (Å²) in [5.41, 5.74) is 6.92. The van der Waals surface area contributed by atoms with Crippen LogP contribution in [0.15, 0.2) is 24.3 Å². The van der Waals surface area contributed by atoms with Crippen LogP contribution in [0.3, 0.4) is 0 Å². The summed E-state index contributed by atoms with van der Waals surface area (Å²) in [5.74, 6) is -0.118. The van der Waals surface area contributed by atoms with Crippen LogP contribution >= 0.6 is 0 Å². The summed E-state index contributed by atoms with van der Waals surface area (Å²) < 4.78 is 5.26. The lowest BCUT2D eigenvalue weighted by molar-refractivity contribution is -0.129. The molecule has 2 rings (SSSR count). The number of rotatable bonds is 6. The smallest absolute Gasteiger partial charge is 0.253 e. The molecule has 1 aromatic carbocycles. The van der Waals surface area contributed by atoms with Gasteiger partial charge in [0.25, 0.3) is 5.91 Å². The minimum absolute atomic E-state index is 0.0266. The molecule has 0 unspecified atom stereocenters. The summed E-state index contributed by atoms with van der Waals surface area (Å²) in [7, 11) is 0. The molecule has 0 atom stereocenters. The average molecular weight is 333 g/mol. The van der Waals surface area contributed by atoms with Gasteiger partial charge in [0, 0.05) is 38.4 Å². The molecular weight excluding hydrogens is 306 g/mol. The van der Waals surface area contributed by atoms with Crippen molar-refractivity contribution in [1.82, 2.24) is 10.2 Å². The van der Waals surface area contributed by atoms with Crippen molar-refractivity contribution in [2.75, 3.05) is 26.3 Å². The maximum atomic E-state index is 12.3. The van der Waals surface area contributed by atoms with Gasteiger partial charge >= 0.3 is 0 Å². The molecule has 1 aliphatic heterocycles. The highest BCUT2D eigenvalue weighted by atomic mass is 16.5. The summed E-state index contributed by atoms with van der Waals surface area (Å²) in [6, 6.07) is 7.33. The monoisotopic (exact) mass is 333 g/mol. The Labute approximate surface area is 143 Å². The molecule has 0 aromatic heterocycles. The molecule has 0 bridgehead atoms. The van der Waals surface area contributed by atoms with Gasteiger partial charge in [-0.1, -0.05) is 12.1 Å². The number of hydrogen-bond donors (Lipinski definition) is 2. The van der Waals surface area contributed by atoms with Gasteiger partial charge in [0.1, 0.15) is 0 Å². The molecule has 24 heavy (non-hydrogen) atoms. The number of nitrogens with zero attached hydrogens (tertiary/aromatic N) is 1. The Bertz CT molecular complexity index is 561. The summed E-state index contributed by atoms with van der Waals surface area (Å²) in [6.07, 6.45) is 1.08. The van der Waals surface area contributed by atoms with Crippen LogP contribution in [-0.4, -0.2) is 48.6 Å². The molecule has 0 radical (unpaired) electrons. The van der Waals surface area contributed by atoms with Gasteiger partial charge < -0.3 is 20.7 Å². The SMILES string of the molecule is CCN(CC)C(=O)c1ccc(CNC(=O)C2(N)CCOCC2)cc1. The topological polar surface area (TPSA) is 84.7 Å². The average Bonchev–Trinajstić information content (AvgIpc) is 2.61. The Morgan fingerprint density at radius 2 is 1.75 bits per heavy atom. The van der Waals surface area contributed by atoms with Gasteiger partial charge in [0.2, 0.25) is 5.91 Å². The third-order valence-electron chi connectivity index (χ3n) is 4.54. The highest BCUT2D eigenvalue weighted by Gasteiger charge is 2.35. The van der Waals surface area contributed by atoms with Crippen molar-refractivity contribution in [3.63, 3.8) is 0 Å². The molecule has 0 spiro atoms. The third kappa shape index (κ3) is 4.33. The van der Waals surface area contributed by atoms with Crippen molar-refractivity contribution in [3.8, 4) is 0 Å². The largest absolute Gasteiger partial charge is 0.381 e. The van der Waals surface area contributed by atoms with E-state index in [2.05, 4.69) is 5.32 Å². The first kappa shape index (κ1) is 18.4. The van der Waals surface area contributed by atoms with Crippen molar-refractivity contribution < 1.29 is 14.3 Å². The Morgan fingerprint density at radius 3 is 2.29 bits per heavy atom. The molecular formula is C18H27N3O3. The molecule has 1 aromatic rings. The van der Waals surface area contributed by atoms with Crippen molar-refractivity contribution in [2.45, 2.75) is 38.8 Å². The van der Waals surface area contributed by atoms with E-state index in [1.165, 1.54) is 0 Å². The molecule has 6 heteroatoms. The second kappa shape index (κ2) is 8.26. The molecule has 1 saturated heterocycles. The molecule has 2 amide bonds. The molecule has 1 heterocycles. The first-order valence-corrected chi connectivity index (χ1v) is 8.53. The molecule has 0 aliphatic carbocycles. The maximum absolute atomic E-state index is 12.3. The molecule has 1 aliphatic rings. The standard InChI is InChI=1S/C18H27N3O3/c1-3-21(4-2)16(22)15-7-5-14(6-8-15)13-20-17(23)18(19)9-11-24-12-10-18/h5-8H,3-4,9-13,19H2,1-2H3,(H,20,23). The van der Waals surface area contributed by atoms with Crippen molar-refractivity contribution >= 4 is 11.8 Å². The van der Waals surface area contributed by atoms with Crippen molar-refractivity contribution in [3.05, 3.63) is 35.4 Å². The lowest BCUT2D eigenvalue weighted by Crippen LogP contribution is -2.56. The van der Waals surface area contributed by atoms with Crippen molar-refractivity contribution in [2.24, 2.45) is 5.73 Å². The summed E-state index contributed by atoms with van der Waals surface area (Å²) in [4.78, 5) is 26.3. The zero-order valence-electron chi connectivity index (χ0n) is 14.5. The summed E-state index contributed by atoms with van der Waals surface area (Å²) in [5, 5.41) is 2.89. The zero-order valence-corrected chi connectivity index (χ0v) is 14.5. The second-order valence-corrected chi connectivity index (χ2v) is 6.13. The van der Waals surface area contributed by atoms with Crippen LogP contribution in [0.2, 0.25) is 0 Å². The molecule has 3 N–H and O–H groups in total. The lowest BCUT2D eigenvalue weighted by Gasteiger charge is -2.31. The van der Waals surface area contributed by atoms with Gasteiger partial charge in [-0.25, -0.2) is 0 Å². The first-order valence-electron chi connectivity index (χ1n) is 8.53. The Hall–Kier alpha value is -1.92. The molecule has 0 saturated carbocycles. The molecule has 1 fully saturated rings. The van der Waals surface area contributed by atoms with E-state index in [0.717, 1.165) is 5.56 Å².